The minimum absolute atomic E-state index is 0.102. The van der Waals surface area contributed by atoms with E-state index in [4.69, 9.17) is 16.6 Å². The fourth-order valence-electron chi connectivity index (χ4n) is 5.34. The number of hydrogen-bond donors (Lipinski definition) is 1. The maximum atomic E-state index is 13.9. The Hall–Kier alpha value is -3.64. The summed E-state index contributed by atoms with van der Waals surface area (Å²) in [4.78, 5) is 33.5. The first-order valence-corrected chi connectivity index (χ1v) is 13.8. The number of halogens is 1. The molecule has 3 aromatic carbocycles. The first kappa shape index (κ1) is 26.0. The third kappa shape index (κ3) is 6.08. The van der Waals surface area contributed by atoms with Crippen molar-refractivity contribution >= 4 is 34.4 Å². The van der Waals surface area contributed by atoms with Gasteiger partial charge in [-0.15, -0.1) is 0 Å². The third-order valence-electron chi connectivity index (χ3n) is 7.31. The van der Waals surface area contributed by atoms with Crippen LogP contribution in [0.1, 0.15) is 53.8 Å². The molecule has 7 heteroatoms. The van der Waals surface area contributed by atoms with Crippen molar-refractivity contribution in [2.75, 3.05) is 6.54 Å². The van der Waals surface area contributed by atoms with Crippen LogP contribution in [0.25, 0.3) is 11.0 Å². The average Bonchev–Trinajstić information content (AvgIpc) is 3.29. The number of nitrogens with one attached hydrogen (secondary N) is 1. The van der Waals surface area contributed by atoms with Gasteiger partial charge < -0.3 is 14.8 Å². The molecule has 1 fully saturated rings. The van der Waals surface area contributed by atoms with Crippen molar-refractivity contribution in [1.29, 1.82) is 0 Å². The van der Waals surface area contributed by atoms with Crippen LogP contribution in [0.15, 0.2) is 78.9 Å². The van der Waals surface area contributed by atoms with Gasteiger partial charge in [0.2, 0.25) is 5.91 Å². The minimum atomic E-state index is -0.222. The number of amides is 2. The van der Waals surface area contributed by atoms with Crippen LogP contribution in [0.5, 0.6) is 0 Å². The molecule has 2 amide bonds. The van der Waals surface area contributed by atoms with Gasteiger partial charge in [0, 0.05) is 25.6 Å². The quantitative estimate of drug-likeness (QED) is 0.289. The number of nitrogens with zero attached hydrogens (tertiary/aromatic N) is 3. The van der Waals surface area contributed by atoms with Crippen LogP contribution >= 0.6 is 11.6 Å². The summed E-state index contributed by atoms with van der Waals surface area (Å²) in [6.07, 6.45) is 6.15. The van der Waals surface area contributed by atoms with Crippen molar-refractivity contribution in [1.82, 2.24) is 19.8 Å². The molecule has 6 nitrogen and oxygen atoms in total. The number of rotatable bonds is 9. The Morgan fingerprint density at radius 1 is 0.921 bits per heavy atom. The van der Waals surface area contributed by atoms with Crippen molar-refractivity contribution in [2.45, 2.75) is 57.7 Å². The van der Waals surface area contributed by atoms with E-state index >= 15 is 0 Å². The highest BCUT2D eigenvalue weighted by Gasteiger charge is 2.27. The largest absolute Gasteiger partial charge is 0.352 e. The van der Waals surface area contributed by atoms with Crippen LogP contribution < -0.4 is 5.32 Å². The van der Waals surface area contributed by atoms with Crippen LogP contribution in [-0.2, 0) is 24.3 Å². The van der Waals surface area contributed by atoms with Gasteiger partial charge in [0.15, 0.2) is 0 Å². The predicted octanol–water partition coefficient (Wildman–Crippen LogP) is 6.02. The molecule has 0 unspecified atom stereocenters. The van der Waals surface area contributed by atoms with Crippen LogP contribution in [0.3, 0.4) is 0 Å². The zero-order chi connectivity index (χ0) is 26.3. The fraction of sp³-hybridized carbons (Fsp3) is 0.323. The van der Waals surface area contributed by atoms with Crippen molar-refractivity contribution in [3.05, 3.63) is 101 Å². The number of carbonyl (C=O) groups is 2. The Kier molecular flexibility index (Phi) is 8.39. The smallest absolute Gasteiger partial charge is 0.252 e. The van der Waals surface area contributed by atoms with E-state index in [1.165, 1.54) is 6.42 Å². The lowest BCUT2D eigenvalue weighted by Gasteiger charge is -2.35. The maximum Gasteiger partial charge on any atom is 0.252 e. The third-order valence-corrected chi connectivity index (χ3v) is 7.64. The average molecular weight is 529 g/mol. The molecule has 196 valence electrons. The normalized spacial score (nSPS) is 13.9. The van der Waals surface area contributed by atoms with Gasteiger partial charge in [0.05, 0.1) is 21.6 Å². The van der Waals surface area contributed by atoms with Crippen molar-refractivity contribution in [3.8, 4) is 0 Å². The van der Waals surface area contributed by atoms with Crippen molar-refractivity contribution < 1.29 is 9.59 Å². The second-order valence-electron chi connectivity index (χ2n) is 9.89. The van der Waals surface area contributed by atoms with Crippen molar-refractivity contribution in [3.63, 3.8) is 0 Å². The summed E-state index contributed by atoms with van der Waals surface area (Å²) in [7, 11) is 0. The molecule has 0 saturated heterocycles. The number of carbonyl (C=O) groups excluding carboxylic acids is 2. The molecule has 4 aromatic rings. The maximum absolute atomic E-state index is 13.9. The molecule has 0 spiro atoms. The lowest BCUT2D eigenvalue weighted by atomic mass is 9.93. The van der Waals surface area contributed by atoms with E-state index in [9.17, 15) is 9.59 Å². The molecule has 5 rings (SSSR count). The fourth-order valence-corrected chi connectivity index (χ4v) is 5.56. The summed E-state index contributed by atoms with van der Waals surface area (Å²) in [5, 5.41) is 3.37. The van der Waals surface area contributed by atoms with E-state index in [1.54, 1.807) is 24.3 Å². The number of imidazole rings is 1. The summed E-state index contributed by atoms with van der Waals surface area (Å²) in [5.41, 5.74) is 3.36. The Morgan fingerprint density at radius 3 is 2.42 bits per heavy atom. The van der Waals surface area contributed by atoms with Crippen LogP contribution in [0.2, 0.25) is 5.02 Å². The standard InChI is InChI=1S/C31H33ClN4O2/c32-26-16-8-7-15-25(26)31(38)33-20-19-29-34-27-17-9-10-18-28(27)36(29)22-30(37)35(24-13-5-2-6-14-24)21-23-11-3-1-4-12-23/h1,3-4,7-12,15-18,24H,2,5-6,13-14,19-22H2,(H,33,38). The van der Waals surface area contributed by atoms with E-state index in [-0.39, 0.29) is 24.4 Å². The van der Waals surface area contributed by atoms with Gasteiger partial charge in [-0.2, -0.15) is 0 Å². The van der Waals surface area contributed by atoms with E-state index in [0.717, 1.165) is 48.1 Å². The minimum Gasteiger partial charge on any atom is -0.352 e. The zero-order valence-corrected chi connectivity index (χ0v) is 22.2. The molecule has 1 aromatic heterocycles. The molecular weight excluding hydrogens is 496 g/mol. The van der Waals surface area contributed by atoms with Gasteiger partial charge in [-0.1, -0.05) is 85.5 Å². The molecule has 0 bridgehead atoms. The number of aromatic nitrogens is 2. The molecule has 1 saturated carbocycles. The SMILES string of the molecule is O=C(NCCc1nc2ccccc2n1CC(=O)N(Cc1ccccc1)C1CCCCC1)c1ccccc1Cl. The highest BCUT2D eigenvalue weighted by Crippen LogP contribution is 2.25. The predicted molar refractivity (Wildman–Crippen MR) is 151 cm³/mol. The first-order chi connectivity index (χ1) is 18.6. The molecule has 1 aliphatic rings. The van der Waals surface area contributed by atoms with E-state index in [1.807, 2.05) is 47.0 Å². The second-order valence-corrected chi connectivity index (χ2v) is 10.3. The Labute approximate surface area is 228 Å². The zero-order valence-electron chi connectivity index (χ0n) is 21.5. The molecule has 0 atom stereocenters. The molecule has 1 N–H and O–H groups in total. The Bertz CT molecular complexity index is 1400. The van der Waals surface area contributed by atoms with Gasteiger partial charge in [-0.05, 0) is 42.7 Å². The molecule has 1 heterocycles. The summed E-state index contributed by atoms with van der Waals surface area (Å²) in [6, 6.07) is 25.4. The number of hydrogen-bond acceptors (Lipinski definition) is 3. The Balaban J connectivity index is 1.35. The monoisotopic (exact) mass is 528 g/mol. The summed E-state index contributed by atoms with van der Waals surface area (Å²) in [5.74, 6) is 0.660. The van der Waals surface area contributed by atoms with E-state index in [2.05, 4.69) is 22.3 Å². The van der Waals surface area contributed by atoms with Crippen LogP contribution in [0, 0.1) is 0 Å². The van der Waals surface area contributed by atoms with Gasteiger partial charge in [-0.3, -0.25) is 9.59 Å². The van der Waals surface area contributed by atoms with Crippen molar-refractivity contribution in [2.24, 2.45) is 0 Å². The lowest BCUT2D eigenvalue weighted by Crippen LogP contribution is -2.42. The molecular formula is C31H33ClN4O2. The lowest BCUT2D eigenvalue weighted by molar-refractivity contribution is -0.135. The first-order valence-electron chi connectivity index (χ1n) is 13.4. The Morgan fingerprint density at radius 2 is 1.63 bits per heavy atom. The summed E-state index contributed by atoms with van der Waals surface area (Å²) < 4.78 is 2.01. The number of fused-ring (bicyclic) bond motifs is 1. The number of para-hydroxylation sites is 2. The highest BCUT2D eigenvalue weighted by molar-refractivity contribution is 6.33. The highest BCUT2D eigenvalue weighted by atomic mass is 35.5. The molecule has 0 aliphatic heterocycles. The van der Waals surface area contributed by atoms with Crippen LogP contribution in [0.4, 0.5) is 0 Å². The summed E-state index contributed by atoms with van der Waals surface area (Å²) >= 11 is 6.18. The van der Waals surface area contributed by atoms with Crippen LogP contribution in [-0.4, -0.2) is 38.9 Å². The van der Waals surface area contributed by atoms with Gasteiger partial charge in [0.25, 0.3) is 5.91 Å². The van der Waals surface area contributed by atoms with Gasteiger partial charge in [-0.25, -0.2) is 4.98 Å². The van der Waals surface area contributed by atoms with Gasteiger partial charge >= 0.3 is 0 Å². The van der Waals surface area contributed by atoms with Gasteiger partial charge in [0.1, 0.15) is 12.4 Å². The van der Waals surface area contributed by atoms with E-state index in [0.29, 0.717) is 30.1 Å². The molecule has 38 heavy (non-hydrogen) atoms. The van der Waals surface area contributed by atoms with E-state index < -0.39 is 0 Å². The topological polar surface area (TPSA) is 67.2 Å². The molecule has 1 aliphatic carbocycles. The number of benzene rings is 3. The molecule has 0 radical (unpaired) electrons. The second kappa shape index (κ2) is 12.3. The summed E-state index contributed by atoms with van der Waals surface area (Å²) in [6.45, 7) is 1.22.